The molecular weight excluding hydrogens is 935 g/mol. The van der Waals surface area contributed by atoms with Crippen molar-refractivity contribution in [1.82, 2.24) is 24.8 Å². The highest BCUT2D eigenvalue weighted by atomic mass is 32.2. The number of nitrogens with zero attached hydrogens (tertiary/aromatic N) is 4. The molecule has 4 heterocycles. The van der Waals surface area contributed by atoms with Crippen molar-refractivity contribution in [1.29, 1.82) is 0 Å². The predicted molar refractivity (Wildman–Crippen MR) is 268 cm³/mol. The second-order valence-corrected chi connectivity index (χ2v) is 19.1. The Kier molecular flexibility index (Phi) is 14.1. The second-order valence-electron chi connectivity index (χ2n) is 17.2. The van der Waals surface area contributed by atoms with Crippen LogP contribution in [0.3, 0.4) is 0 Å². The molecule has 6 aromatic rings. The third kappa shape index (κ3) is 10.5. The van der Waals surface area contributed by atoms with Gasteiger partial charge in [0.15, 0.2) is 5.82 Å². The molecule has 0 saturated carbocycles. The minimum absolute atomic E-state index is 0.0509. The summed E-state index contributed by atoms with van der Waals surface area (Å²) in [6.07, 6.45) is 5.51. The lowest BCUT2D eigenvalue weighted by Gasteiger charge is -2.19. The first-order valence-corrected chi connectivity index (χ1v) is 24.2. The standard InChI is InChI=1S/C52H48F2N8O8S/c1-6-21-71(68,69)60-41-18-17-40(53)47(48(41)54)49(64)39-28-58-50-37(39)23-31(27-57-50)30-11-19-44(56-26-30)59-45(63)9-7-8-20-55-51(65)29-10-14-34(38(22-29)52(66)67)46-35-15-12-32(61(2)3)24-42(35)70-43-25-33(62(4)5)13-16-36(43)46/h10-19,22-28,55,60H,6-9,20-21H2,1-5H3,(H2,65,66,67)/p+1. The van der Waals surface area contributed by atoms with Crippen molar-refractivity contribution < 1.29 is 45.9 Å². The molecule has 0 spiro atoms. The number of rotatable bonds is 17. The van der Waals surface area contributed by atoms with Crippen LogP contribution in [-0.4, -0.2) is 92.5 Å². The number of halogens is 2. The number of aromatic nitrogens is 3. The first-order chi connectivity index (χ1) is 33.9. The van der Waals surface area contributed by atoms with Crippen molar-refractivity contribution in [2.24, 2.45) is 0 Å². The van der Waals surface area contributed by atoms with Crippen molar-refractivity contribution in [2.75, 3.05) is 55.4 Å². The molecule has 364 valence electrons. The second kappa shape index (κ2) is 20.3. The summed E-state index contributed by atoms with van der Waals surface area (Å²) in [5.41, 5.74) is 3.14. The summed E-state index contributed by atoms with van der Waals surface area (Å²) in [5.74, 6) is -4.98. The number of anilines is 3. The van der Waals surface area contributed by atoms with Gasteiger partial charge in [0.05, 0.1) is 28.6 Å². The SMILES string of the molecule is CCCS(=O)(=O)Nc1ccc(F)c(C(=O)c2c[nH]c3ncc(-c4ccc(NC(=O)CCCCNC(=O)c5ccc(-c6c7ccc(=[N+](C)C)cc-7oc7cc(N(C)C)ccc67)c(C(=O)O)c5)nc4)cc23)c1F. The number of sulfonamides is 1. The quantitative estimate of drug-likeness (QED) is 0.0254. The van der Waals surface area contributed by atoms with Gasteiger partial charge in [0.1, 0.15) is 42.7 Å². The Morgan fingerprint density at radius 3 is 2.34 bits per heavy atom. The number of pyridine rings is 2. The summed E-state index contributed by atoms with van der Waals surface area (Å²) in [6, 6.07) is 22.7. The molecular formula is C52H49F2N8O8S+. The average Bonchev–Trinajstić information content (AvgIpc) is 3.77. The lowest BCUT2D eigenvalue weighted by atomic mass is 9.89. The van der Waals surface area contributed by atoms with Crippen LogP contribution in [0.1, 0.15) is 69.2 Å². The monoisotopic (exact) mass is 983 g/mol. The Hall–Kier alpha value is -8.32. The van der Waals surface area contributed by atoms with Gasteiger partial charge in [-0.1, -0.05) is 13.0 Å². The Balaban J connectivity index is 0.887. The van der Waals surface area contributed by atoms with E-state index in [1.165, 1.54) is 24.7 Å². The molecule has 0 bridgehead atoms. The highest BCUT2D eigenvalue weighted by Gasteiger charge is 2.27. The maximum absolute atomic E-state index is 15.5. The number of ketones is 1. The Bertz CT molecular complexity index is 3570. The molecule has 0 fully saturated rings. The maximum atomic E-state index is 15.5. The number of amides is 2. The first kappa shape index (κ1) is 49.1. The largest absolute Gasteiger partial charge is 0.478 e. The number of benzene rings is 4. The number of carbonyl (C=O) groups is 4. The molecule has 71 heavy (non-hydrogen) atoms. The van der Waals surface area contributed by atoms with Gasteiger partial charge in [-0.2, -0.15) is 0 Å². The van der Waals surface area contributed by atoms with Crippen LogP contribution in [-0.2, 0) is 14.8 Å². The van der Waals surface area contributed by atoms with Crippen molar-refractivity contribution in [3.8, 4) is 33.6 Å². The zero-order valence-electron chi connectivity index (χ0n) is 39.3. The summed E-state index contributed by atoms with van der Waals surface area (Å²) in [5, 5.41) is 17.9. The average molecular weight is 984 g/mol. The minimum atomic E-state index is -3.93. The van der Waals surface area contributed by atoms with E-state index in [2.05, 4.69) is 30.3 Å². The number of aromatic carboxylic acids is 1. The number of carboxylic acid groups (broad SMARTS) is 1. The van der Waals surface area contributed by atoms with Crippen LogP contribution in [0.15, 0.2) is 108 Å². The van der Waals surface area contributed by atoms with E-state index in [0.29, 0.717) is 57.4 Å². The number of carbonyl (C=O) groups excluding carboxylic acids is 3. The van der Waals surface area contributed by atoms with Gasteiger partial charge in [-0.05, 0) is 85.5 Å². The molecule has 3 aromatic carbocycles. The molecule has 2 amide bonds. The van der Waals surface area contributed by atoms with Gasteiger partial charge in [-0.15, -0.1) is 0 Å². The van der Waals surface area contributed by atoms with Crippen LogP contribution in [0, 0.1) is 11.6 Å². The molecule has 5 N–H and O–H groups in total. The summed E-state index contributed by atoms with van der Waals surface area (Å²) >= 11 is 0. The van der Waals surface area contributed by atoms with Gasteiger partial charge in [0.2, 0.25) is 27.1 Å². The molecule has 3 aromatic heterocycles. The molecule has 1 aliphatic heterocycles. The van der Waals surface area contributed by atoms with Crippen molar-refractivity contribution in [3.05, 3.63) is 143 Å². The number of carboxylic acids is 1. The van der Waals surface area contributed by atoms with Gasteiger partial charge in [-0.3, -0.25) is 19.1 Å². The molecule has 16 nitrogen and oxygen atoms in total. The fourth-order valence-electron chi connectivity index (χ4n) is 8.16. The fraction of sp³-hybridized carbons (Fsp3) is 0.212. The van der Waals surface area contributed by atoms with E-state index in [9.17, 15) is 37.1 Å². The molecule has 1 aliphatic carbocycles. The summed E-state index contributed by atoms with van der Waals surface area (Å²) in [6.45, 7) is 1.86. The van der Waals surface area contributed by atoms with E-state index in [1.807, 2.05) is 74.1 Å². The van der Waals surface area contributed by atoms with Gasteiger partial charge >= 0.3 is 5.97 Å². The number of hydrogen-bond acceptors (Lipinski definition) is 10. The first-order valence-electron chi connectivity index (χ1n) is 22.5. The fourth-order valence-corrected chi connectivity index (χ4v) is 9.30. The summed E-state index contributed by atoms with van der Waals surface area (Å²) in [4.78, 5) is 66.1. The zero-order chi connectivity index (χ0) is 50.7. The van der Waals surface area contributed by atoms with Crippen molar-refractivity contribution in [2.45, 2.75) is 32.6 Å². The third-order valence-corrected chi connectivity index (χ3v) is 13.3. The number of unbranched alkanes of at least 4 members (excludes halogenated alkanes) is 1. The highest BCUT2D eigenvalue weighted by Crippen LogP contribution is 2.42. The maximum Gasteiger partial charge on any atom is 0.336 e. The third-order valence-electron chi connectivity index (χ3n) is 11.8. The van der Waals surface area contributed by atoms with Gasteiger partial charge in [0, 0.05) is 108 Å². The lowest BCUT2D eigenvalue weighted by Crippen LogP contribution is -2.25. The van der Waals surface area contributed by atoms with E-state index in [1.54, 1.807) is 37.3 Å². The minimum Gasteiger partial charge on any atom is -0.478 e. The molecule has 8 rings (SSSR count). The van der Waals surface area contributed by atoms with E-state index < -0.39 is 50.6 Å². The van der Waals surface area contributed by atoms with Gasteiger partial charge in [0.25, 0.3) is 5.91 Å². The molecule has 19 heteroatoms. The molecule has 0 saturated heterocycles. The van der Waals surface area contributed by atoms with Gasteiger partial charge < -0.3 is 30.0 Å². The van der Waals surface area contributed by atoms with Crippen molar-refractivity contribution in [3.63, 3.8) is 0 Å². The number of aromatic amines is 1. The molecule has 0 radical (unpaired) electrons. The van der Waals surface area contributed by atoms with Crippen LogP contribution in [0.25, 0.3) is 55.6 Å². The molecule has 2 aliphatic rings. The number of nitrogens with one attached hydrogen (secondary N) is 4. The lowest BCUT2D eigenvalue weighted by molar-refractivity contribution is -0.116. The van der Waals surface area contributed by atoms with E-state index in [-0.39, 0.29) is 64.6 Å². The van der Waals surface area contributed by atoms with Gasteiger partial charge in [-0.25, -0.2) is 36.5 Å². The Morgan fingerprint density at radius 1 is 0.845 bits per heavy atom. The Labute approximate surface area is 406 Å². The van der Waals surface area contributed by atoms with E-state index in [4.69, 9.17) is 4.42 Å². The van der Waals surface area contributed by atoms with Crippen LogP contribution in [0.2, 0.25) is 0 Å². The topological polar surface area (TPSA) is 220 Å². The van der Waals surface area contributed by atoms with Crippen LogP contribution >= 0.6 is 0 Å². The number of hydrogen-bond donors (Lipinski definition) is 5. The smallest absolute Gasteiger partial charge is 0.336 e. The van der Waals surface area contributed by atoms with Crippen LogP contribution < -0.4 is 30.2 Å². The van der Waals surface area contributed by atoms with Crippen molar-refractivity contribution >= 4 is 72.8 Å². The zero-order valence-corrected chi connectivity index (χ0v) is 40.1. The normalized spacial score (nSPS) is 11.5. The summed E-state index contributed by atoms with van der Waals surface area (Å²) < 4.78 is 65.5. The summed E-state index contributed by atoms with van der Waals surface area (Å²) in [7, 11) is 3.75. The van der Waals surface area contributed by atoms with Crippen LogP contribution in [0.4, 0.5) is 26.0 Å². The highest BCUT2D eigenvalue weighted by molar-refractivity contribution is 7.92. The Morgan fingerprint density at radius 2 is 1.62 bits per heavy atom. The molecule has 0 unspecified atom stereocenters. The van der Waals surface area contributed by atoms with Crippen LogP contribution in [0.5, 0.6) is 0 Å². The predicted octanol–water partition coefficient (Wildman–Crippen LogP) is 8.14. The van der Waals surface area contributed by atoms with E-state index >= 15 is 4.39 Å². The van der Waals surface area contributed by atoms with E-state index in [0.717, 1.165) is 23.2 Å². The number of fused-ring (bicyclic) bond motifs is 3. The number of H-pyrrole nitrogens is 1. The molecule has 0 atom stereocenters.